The highest BCUT2D eigenvalue weighted by atomic mass is 16.3. The third-order valence-corrected chi connectivity index (χ3v) is 9.74. The van der Waals surface area contributed by atoms with Crippen molar-refractivity contribution >= 4 is 50.1 Å². The van der Waals surface area contributed by atoms with Crippen molar-refractivity contribution < 1.29 is 4.42 Å². The van der Waals surface area contributed by atoms with E-state index in [1.807, 2.05) is 0 Å². The van der Waals surface area contributed by atoms with Gasteiger partial charge in [0, 0.05) is 39.3 Å². The van der Waals surface area contributed by atoms with Crippen LogP contribution in [-0.4, -0.2) is 4.57 Å². The molecule has 2 heterocycles. The van der Waals surface area contributed by atoms with Gasteiger partial charge in [-0.25, -0.2) is 0 Å². The van der Waals surface area contributed by atoms with Gasteiger partial charge in [-0.3, -0.25) is 0 Å². The summed E-state index contributed by atoms with van der Waals surface area (Å²) in [6.45, 7) is 2.25. The molecule has 2 aliphatic carbocycles. The summed E-state index contributed by atoms with van der Waals surface area (Å²) < 4.78 is 8.81. The molecule has 45 heavy (non-hydrogen) atoms. The predicted molar refractivity (Wildman–Crippen MR) is 189 cm³/mol. The Hall–Kier alpha value is -5.34. The Labute approximate surface area is 263 Å². The summed E-state index contributed by atoms with van der Waals surface area (Å²) in [6, 6.07) is 44.2. The van der Waals surface area contributed by atoms with Gasteiger partial charge < -0.3 is 8.98 Å². The number of hydrogen-bond acceptors (Lipinski definition) is 1. The van der Waals surface area contributed by atoms with Crippen LogP contribution in [0.2, 0.25) is 0 Å². The summed E-state index contributed by atoms with van der Waals surface area (Å²) >= 11 is 0. The molecule has 0 bridgehead atoms. The molecule has 0 fully saturated rings. The van der Waals surface area contributed by atoms with Crippen molar-refractivity contribution in [3.05, 3.63) is 162 Å². The lowest BCUT2D eigenvalue weighted by molar-refractivity contribution is 0.504. The maximum Gasteiger partial charge on any atom is 0.134 e. The summed E-state index contributed by atoms with van der Waals surface area (Å²) in [5, 5.41) is 3.76. The van der Waals surface area contributed by atoms with E-state index in [0.717, 1.165) is 24.2 Å². The number of para-hydroxylation sites is 1. The van der Waals surface area contributed by atoms with Gasteiger partial charge in [-0.1, -0.05) is 116 Å². The smallest absolute Gasteiger partial charge is 0.134 e. The lowest BCUT2D eigenvalue weighted by atomic mass is 9.85. The van der Waals surface area contributed by atoms with E-state index < -0.39 is 0 Å². The van der Waals surface area contributed by atoms with Crippen molar-refractivity contribution in [2.75, 3.05) is 0 Å². The first kappa shape index (κ1) is 26.1. The molecule has 2 unspecified atom stereocenters. The second kappa shape index (κ2) is 10.4. The van der Waals surface area contributed by atoms with Crippen LogP contribution in [0.5, 0.6) is 0 Å². The number of benzene rings is 5. The second-order valence-electron chi connectivity index (χ2n) is 12.6. The quantitative estimate of drug-likeness (QED) is 0.203. The number of allylic oxidation sites excluding steroid dienone is 5. The molecule has 2 aromatic heterocycles. The van der Waals surface area contributed by atoms with Gasteiger partial charge in [-0.2, -0.15) is 0 Å². The zero-order chi connectivity index (χ0) is 29.9. The highest BCUT2D eigenvalue weighted by molar-refractivity contribution is 6.12. The van der Waals surface area contributed by atoms with Crippen molar-refractivity contribution in [1.82, 2.24) is 4.57 Å². The first-order valence-electron chi connectivity index (χ1n) is 16.0. The Morgan fingerprint density at radius 1 is 0.667 bits per heavy atom. The van der Waals surface area contributed by atoms with Crippen LogP contribution >= 0.6 is 0 Å². The minimum Gasteiger partial charge on any atom is -0.460 e. The zero-order valence-electron chi connectivity index (χ0n) is 25.3. The molecule has 216 valence electrons. The van der Waals surface area contributed by atoms with Gasteiger partial charge in [0.15, 0.2) is 0 Å². The molecule has 0 aliphatic heterocycles. The van der Waals surface area contributed by atoms with E-state index in [9.17, 15) is 0 Å². The summed E-state index contributed by atoms with van der Waals surface area (Å²) in [4.78, 5) is 0. The fourth-order valence-electron chi connectivity index (χ4n) is 7.48. The van der Waals surface area contributed by atoms with Crippen molar-refractivity contribution in [3.8, 4) is 11.1 Å². The monoisotopic (exact) mass is 579 g/mol. The number of fused-ring (bicyclic) bond motifs is 6. The van der Waals surface area contributed by atoms with Gasteiger partial charge in [-0.05, 0) is 77.1 Å². The largest absolute Gasteiger partial charge is 0.460 e. The van der Waals surface area contributed by atoms with Crippen LogP contribution in [0.3, 0.4) is 0 Å². The molecule has 0 saturated carbocycles. The molecular formula is C43H33NO. The maximum absolute atomic E-state index is 6.31. The van der Waals surface area contributed by atoms with Gasteiger partial charge in [0.1, 0.15) is 11.3 Å². The Morgan fingerprint density at radius 2 is 1.38 bits per heavy atom. The van der Waals surface area contributed by atoms with E-state index in [0.29, 0.717) is 11.8 Å². The summed E-state index contributed by atoms with van der Waals surface area (Å²) in [6.07, 6.45) is 11.3. The summed E-state index contributed by atoms with van der Waals surface area (Å²) in [5.74, 6) is 1.82. The zero-order valence-corrected chi connectivity index (χ0v) is 25.3. The molecule has 0 saturated heterocycles. The molecule has 9 rings (SSSR count). The lowest BCUT2D eigenvalue weighted by Gasteiger charge is -2.24. The normalized spacial score (nSPS) is 17.9. The van der Waals surface area contributed by atoms with Crippen LogP contribution in [0.15, 0.2) is 144 Å². The van der Waals surface area contributed by atoms with Gasteiger partial charge in [0.25, 0.3) is 0 Å². The Morgan fingerprint density at radius 3 is 2.22 bits per heavy atom. The number of furan rings is 1. The average Bonchev–Trinajstić information content (AvgIpc) is 3.65. The Kier molecular flexibility index (Phi) is 6.02. The van der Waals surface area contributed by atoms with Gasteiger partial charge >= 0.3 is 0 Å². The number of nitrogens with zero attached hydrogens (tertiary/aromatic N) is 1. The van der Waals surface area contributed by atoms with Crippen LogP contribution in [-0.2, 0) is 0 Å². The molecule has 0 N–H and O–H groups in total. The molecule has 2 aliphatic rings. The topological polar surface area (TPSA) is 18.1 Å². The standard InChI is InChI=1S/C43H33NO/c1-28-11-10-17-37-39-27-32(20-22-42(39)45-43(28)37)31-19-21-41-38(26-31)36-16-8-9-18-40(36)44(41)35-24-33(29-12-4-2-5-13-29)23-34(25-35)30-14-6-3-7-15-30/h2-10,12-24,26-28,34H,11,25H2,1H3. The molecule has 2 nitrogen and oxygen atoms in total. The fraction of sp³-hybridized carbons (Fsp3) is 0.116. The van der Waals surface area contributed by atoms with Crippen molar-refractivity contribution in [1.29, 1.82) is 0 Å². The van der Waals surface area contributed by atoms with Crippen molar-refractivity contribution in [3.63, 3.8) is 0 Å². The number of rotatable bonds is 4. The molecule has 2 heteroatoms. The number of hydrogen-bond donors (Lipinski definition) is 0. The average molecular weight is 580 g/mol. The van der Waals surface area contributed by atoms with E-state index in [1.54, 1.807) is 0 Å². The molecule has 0 spiro atoms. The SMILES string of the molecule is CC1CC=Cc2c1oc1ccc(-c3ccc4c(c3)c3ccccc3n4C3=CC(c4ccccc4)=CC(c4ccccc4)C3)cc21. The highest BCUT2D eigenvalue weighted by Crippen LogP contribution is 2.43. The van der Waals surface area contributed by atoms with Gasteiger partial charge in [0.05, 0.1) is 11.0 Å². The summed E-state index contributed by atoms with van der Waals surface area (Å²) in [7, 11) is 0. The van der Waals surface area contributed by atoms with E-state index in [-0.39, 0.29) is 0 Å². The van der Waals surface area contributed by atoms with Gasteiger partial charge in [0.2, 0.25) is 0 Å². The van der Waals surface area contributed by atoms with Crippen LogP contribution < -0.4 is 0 Å². The highest BCUT2D eigenvalue weighted by Gasteiger charge is 2.23. The molecule has 0 amide bonds. The lowest BCUT2D eigenvalue weighted by Crippen LogP contribution is -2.08. The van der Waals surface area contributed by atoms with Crippen LogP contribution in [0.25, 0.3) is 61.2 Å². The molecule has 2 atom stereocenters. The van der Waals surface area contributed by atoms with Crippen LogP contribution in [0.4, 0.5) is 0 Å². The van der Waals surface area contributed by atoms with Crippen LogP contribution in [0, 0.1) is 0 Å². The van der Waals surface area contributed by atoms with Gasteiger partial charge in [-0.15, -0.1) is 0 Å². The van der Waals surface area contributed by atoms with E-state index in [4.69, 9.17) is 4.42 Å². The molecular weight excluding hydrogens is 546 g/mol. The molecule has 7 aromatic rings. The van der Waals surface area contributed by atoms with E-state index in [1.165, 1.54) is 66.3 Å². The molecule has 0 radical (unpaired) electrons. The van der Waals surface area contributed by atoms with E-state index >= 15 is 0 Å². The Bertz CT molecular complexity index is 2330. The molecule has 5 aromatic carbocycles. The number of aromatic nitrogens is 1. The third-order valence-electron chi connectivity index (χ3n) is 9.74. The second-order valence-corrected chi connectivity index (χ2v) is 12.6. The maximum atomic E-state index is 6.31. The minimum absolute atomic E-state index is 0.293. The summed E-state index contributed by atoms with van der Waals surface area (Å²) in [5.41, 5.74) is 12.3. The van der Waals surface area contributed by atoms with E-state index in [2.05, 4.69) is 157 Å². The first-order valence-corrected chi connectivity index (χ1v) is 16.0. The van der Waals surface area contributed by atoms with Crippen LogP contribution in [0.1, 0.15) is 54.1 Å². The van der Waals surface area contributed by atoms with Crippen molar-refractivity contribution in [2.24, 2.45) is 0 Å². The third kappa shape index (κ3) is 4.32. The van der Waals surface area contributed by atoms with Crippen molar-refractivity contribution in [2.45, 2.75) is 31.6 Å². The predicted octanol–water partition coefficient (Wildman–Crippen LogP) is 11.8. The minimum atomic E-state index is 0.293. The first-order chi connectivity index (χ1) is 22.2. The fourth-order valence-corrected chi connectivity index (χ4v) is 7.48. The Balaban J connectivity index is 1.21.